The zero-order valence-corrected chi connectivity index (χ0v) is 15.1. The quantitative estimate of drug-likeness (QED) is 0.556. The first-order valence-electron chi connectivity index (χ1n) is 4.97. The Morgan fingerprint density at radius 3 is 1.50 bits per heavy atom. The molecule has 0 fully saturated rings. The fourth-order valence-corrected chi connectivity index (χ4v) is 1.41. The van der Waals surface area contributed by atoms with Gasteiger partial charge in [0.25, 0.3) is 0 Å². The molecule has 0 saturated heterocycles. The largest absolute Gasteiger partial charge is 1.00 e. The summed E-state index contributed by atoms with van der Waals surface area (Å²) in [4.78, 5) is 29.6. The van der Waals surface area contributed by atoms with Gasteiger partial charge in [-0.25, -0.2) is 9.59 Å². The second-order valence-corrected chi connectivity index (χ2v) is 3.47. The molecule has 0 spiro atoms. The molecule has 0 saturated carbocycles. The minimum absolute atomic E-state index is 0. The third-order valence-corrected chi connectivity index (χ3v) is 2.28. The molecule has 0 radical (unpaired) electrons. The molecule has 0 aromatic carbocycles. The minimum atomic E-state index is -1.08. The van der Waals surface area contributed by atoms with E-state index >= 15 is 0 Å². The Morgan fingerprint density at radius 1 is 0.850 bits per heavy atom. The van der Waals surface area contributed by atoms with Gasteiger partial charge < -0.3 is 13.1 Å². The van der Waals surface area contributed by atoms with Gasteiger partial charge in [-0.15, -0.1) is 0 Å². The molecular formula is C12H10N2Na2O4. The maximum Gasteiger partial charge on any atom is 1.00 e. The summed E-state index contributed by atoms with van der Waals surface area (Å²) in [5.74, 6) is -2.15. The molecule has 0 aliphatic heterocycles. The molecule has 2 aromatic heterocycles. The van der Waals surface area contributed by atoms with Crippen molar-refractivity contribution in [3.8, 4) is 11.4 Å². The number of carboxylic acid groups (broad SMARTS) is 2. The Bertz CT molecular complexity index is 589. The van der Waals surface area contributed by atoms with Crippen LogP contribution >= 0.6 is 0 Å². The van der Waals surface area contributed by atoms with Crippen molar-refractivity contribution in [1.82, 2.24) is 9.97 Å². The standard InChI is InChI=1S/C12H8N2O4.2Na.2H/c15-11(16)7-1-3-13-9(5-7)10-6-8(12(17)18)2-4-14-10;;;;/h1-6H,(H,15,16)(H,17,18);;;;/q;2*+1;2*-1. The van der Waals surface area contributed by atoms with Crippen LogP contribution in [0.5, 0.6) is 0 Å². The van der Waals surface area contributed by atoms with E-state index in [-0.39, 0.29) is 73.1 Å². The van der Waals surface area contributed by atoms with Crippen molar-refractivity contribution in [1.29, 1.82) is 0 Å². The van der Waals surface area contributed by atoms with E-state index in [2.05, 4.69) is 9.97 Å². The Balaban J connectivity index is -0.000000902. The Morgan fingerprint density at radius 2 is 1.20 bits per heavy atom. The molecule has 0 atom stereocenters. The molecule has 94 valence electrons. The van der Waals surface area contributed by atoms with Gasteiger partial charge >= 0.3 is 71.1 Å². The van der Waals surface area contributed by atoms with Crippen LogP contribution in [0.1, 0.15) is 23.6 Å². The van der Waals surface area contributed by atoms with E-state index < -0.39 is 11.9 Å². The number of aromatic carboxylic acids is 2. The molecule has 0 unspecified atom stereocenters. The molecule has 2 heterocycles. The number of hydrogen-bond donors (Lipinski definition) is 2. The van der Waals surface area contributed by atoms with Crippen LogP contribution in [0.2, 0.25) is 0 Å². The van der Waals surface area contributed by atoms with Gasteiger partial charge in [-0.05, 0) is 24.3 Å². The van der Waals surface area contributed by atoms with E-state index in [0.717, 1.165) is 0 Å². The monoisotopic (exact) mass is 292 g/mol. The maximum absolute atomic E-state index is 10.8. The molecule has 8 heteroatoms. The van der Waals surface area contributed by atoms with Gasteiger partial charge in [-0.1, -0.05) is 0 Å². The van der Waals surface area contributed by atoms with Crippen molar-refractivity contribution in [2.24, 2.45) is 0 Å². The van der Waals surface area contributed by atoms with Crippen LogP contribution in [-0.2, 0) is 0 Å². The van der Waals surface area contributed by atoms with E-state index in [1.165, 1.54) is 36.7 Å². The Labute approximate surface area is 161 Å². The van der Waals surface area contributed by atoms with Crippen molar-refractivity contribution < 1.29 is 81.8 Å². The minimum Gasteiger partial charge on any atom is -1.00 e. The van der Waals surface area contributed by atoms with Crippen molar-refractivity contribution in [3.05, 3.63) is 47.8 Å². The predicted molar refractivity (Wildman–Crippen MR) is 63.6 cm³/mol. The molecule has 2 rings (SSSR count). The van der Waals surface area contributed by atoms with Crippen LogP contribution in [-0.4, -0.2) is 32.1 Å². The molecule has 0 amide bonds. The fraction of sp³-hybridized carbons (Fsp3) is 0. The summed E-state index contributed by atoms with van der Waals surface area (Å²) < 4.78 is 0. The van der Waals surface area contributed by atoms with Crippen LogP contribution in [0.15, 0.2) is 36.7 Å². The van der Waals surface area contributed by atoms with Gasteiger partial charge in [-0.2, -0.15) is 0 Å². The van der Waals surface area contributed by atoms with Gasteiger partial charge in [0.05, 0.1) is 22.5 Å². The smallest absolute Gasteiger partial charge is 1.00 e. The summed E-state index contributed by atoms with van der Waals surface area (Å²) in [5, 5.41) is 17.7. The van der Waals surface area contributed by atoms with Crippen molar-refractivity contribution in [3.63, 3.8) is 0 Å². The van der Waals surface area contributed by atoms with Gasteiger partial charge in [0.1, 0.15) is 0 Å². The molecule has 0 aliphatic carbocycles. The summed E-state index contributed by atoms with van der Waals surface area (Å²) >= 11 is 0. The number of aromatic nitrogens is 2. The number of nitrogens with zero attached hydrogens (tertiary/aromatic N) is 2. The van der Waals surface area contributed by atoms with Crippen LogP contribution < -0.4 is 59.1 Å². The Kier molecular flexibility index (Phi) is 8.19. The third-order valence-electron chi connectivity index (χ3n) is 2.28. The van der Waals surface area contributed by atoms with Crippen LogP contribution in [0.25, 0.3) is 11.4 Å². The van der Waals surface area contributed by atoms with E-state index in [4.69, 9.17) is 10.2 Å². The third kappa shape index (κ3) is 4.66. The first-order chi connectivity index (χ1) is 8.58. The van der Waals surface area contributed by atoms with E-state index in [1.54, 1.807) is 0 Å². The average molecular weight is 292 g/mol. The summed E-state index contributed by atoms with van der Waals surface area (Å²) in [5.41, 5.74) is 0.779. The van der Waals surface area contributed by atoms with Gasteiger partial charge in [-0.3, -0.25) is 9.97 Å². The maximum atomic E-state index is 10.8. The van der Waals surface area contributed by atoms with E-state index in [0.29, 0.717) is 11.4 Å². The summed E-state index contributed by atoms with van der Waals surface area (Å²) in [6.07, 6.45) is 2.68. The van der Waals surface area contributed by atoms with E-state index in [1.807, 2.05) is 0 Å². The van der Waals surface area contributed by atoms with Crippen LogP contribution in [0.3, 0.4) is 0 Å². The predicted octanol–water partition coefficient (Wildman–Crippen LogP) is -4.23. The van der Waals surface area contributed by atoms with Gasteiger partial charge in [0.15, 0.2) is 0 Å². The zero-order valence-electron chi connectivity index (χ0n) is 13.1. The SMILES string of the molecule is O=C(O)c1ccnc(-c2cc(C(=O)O)ccn2)c1.[H-].[H-].[Na+].[Na+]. The van der Waals surface area contributed by atoms with Crippen molar-refractivity contribution >= 4 is 11.9 Å². The second-order valence-electron chi connectivity index (χ2n) is 3.47. The zero-order chi connectivity index (χ0) is 13.1. The topological polar surface area (TPSA) is 100 Å². The van der Waals surface area contributed by atoms with E-state index in [9.17, 15) is 9.59 Å². The molecule has 0 bridgehead atoms. The second kappa shape index (κ2) is 8.51. The molecule has 2 N–H and O–H groups in total. The number of carboxylic acids is 2. The van der Waals surface area contributed by atoms with Crippen molar-refractivity contribution in [2.45, 2.75) is 0 Å². The number of carbonyl (C=O) groups is 2. The Hall–Kier alpha value is -0.760. The molecule has 20 heavy (non-hydrogen) atoms. The normalized spacial score (nSPS) is 9.00. The van der Waals surface area contributed by atoms with Crippen molar-refractivity contribution in [2.75, 3.05) is 0 Å². The average Bonchev–Trinajstić information content (AvgIpc) is 2.39. The van der Waals surface area contributed by atoms with Crippen LogP contribution in [0.4, 0.5) is 0 Å². The first kappa shape index (κ1) is 19.2. The molecule has 0 aliphatic rings. The molecule has 6 nitrogen and oxygen atoms in total. The molecular weight excluding hydrogens is 282 g/mol. The number of hydrogen-bond acceptors (Lipinski definition) is 4. The number of rotatable bonds is 3. The summed E-state index contributed by atoms with van der Waals surface area (Å²) in [6.45, 7) is 0. The summed E-state index contributed by atoms with van der Waals surface area (Å²) in [6, 6.07) is 5.40. The summed E-state index contributed by atoms with van der Waals surface area (Å²) in [7, 11) is 0. The van der Waals surface area contributed by atoms with Crippen LogP contribution in [0, 0.1) is 0 Å². The fourth-order valence-electron chi connectivity index (χ4n) is 1.41. The van der Waals surface area contributed by atoms with Gasteiger partial charge in [0.2, 0.25) is 0 Å². The number of pyridine rings is 2. The molecule has 2 aromatic rings. The van der Waals surface area contributed by atoms with Gasteiger partial charge in [0, 0.05) is 12.4 Å². The first-order valence-corrected chi connectivity index (χ1v) is 4.97.